The van der Waals surface area contributed by atoms with Crippen molar-refractivity contribution in [3.8, 4) is 0 Å². The van der Waals surface area contributed by atoms with E-state index in [2.05, 4.69) is 9.91 Å². The summed E-state index contributed by atoms with van der Waals surface area (Å²) < 4.78 is 4.59. The number of hydrogen-bond acceptors (Lipinski definition) is 4. The highest BCUT2D eigenvalue weighted by Gasteiger charge is 2.13. The van der Waals surface area contributed by atoms with Gasteiger partial charge in [0.1, 0.15) is 0 Å². The molecule has 80 valence electrons. The van der Waals surface area contributed by atoms with Crippen molar-refractivity contribution in [2.75, 3.05) is 7.11 Å². The number of nitroso groups, excluding NO2 is 1. The molecule has 0 amide bonds. The topological polar surface area (TPSA) is 55.7 Å². The lowest BCUT2D eigenvalue weighted by Crippen LogP contribution is -2.04. The first kappa shape index (κ1) is 11.7. The van der Waals surface area contributed by atoms with Gasteiger partial charge in [-0.2, -0.15) is 0 Å². The Labute approximate surface area is 92.2 Å². The number of aryl methyl sites for hydroxylation is 1. The van der Waals surface area contributed by atoms with Crippen LogP contribution in [0.1, 0.15) is 27.0 Å². The number of rotatable bonds is 3. The second-order valence-electron chi connectivity index (χ2n) is 3.01. The van der Waals surface area contributed by atoms with E-state index in [-0.39, 0.29) is 0 Å². The van der Waals surface area contributed by atoms with E-state index in [1.807, 2.05) is 0 Å². The lowest BCUT2D eigenvalue weighted by atomic mass is 10.1. The third-order valence-corrected chi connectivity index (χ3v) is 2.36. The molecule has 5 heteroatoms. The smallest absolute Gasteiger partial charge is 0.338 e. The predicted octanol–water partition coefficient (Wildman–Crippen LogP) is 2.79. The monoisotopic (exact) mass is 227 g/mol. The quantitative estimate of drug-likeness (QED) is 0.345. The molecule has 1 atom stereocenters. The normalized spacial score (nSPS) is 11.9. The Kier molecular flexibility index (Phi) is 3.80. The van der Waals surface area contributed by atoms with Crippen LogP contribution in [0.2, 0.25) is 0 Å². The molecule has 0 aliphatic rings. The van der Waals surface area contributed by atoms with E-state index < -0.39 is 11.5 Å². The Balaban J connectivity index is 3.08. The summed E-state index contributed by atoms with van der Waals surface area (Å²) in [5, 5.41) is 2.69. The number of nitrogens with zero attached hydrogens (tertiary/aromatic N) is 1. The zero-order valence-corrected chi connectivity index (χ0v) is 9.12. The van der Waals surface area contributed by atoms with Crippen molar-refractivity contribution in [2.45, 2.75) is 12.4 Å². The van der Waals surface area contributed by atoms with Gasteiger partial charge in [-0.3, -0.25) is 0 Å². The van der Waals surface area contributed by atoms with Gasteiger partial charge in [0, 0.05) is 0 Å². The fraction of sp³-hybridized carbons (Fsp3) is 0.300. The molecule has 0 bridgehead atoms. The molecule has 1 unspecified atom stereocenters. The van der Waals surface area contributed by atoms with E-state index in [1.165, 1.54) is 7.11 Å². The first-order chi connectivity index (χ1) is 7.10. The number of benzene rings is 1. The highest BCUT2D eigenvalue weighted by atomic mass is 35.5. The number of methoxy groups -OCH3 is 1. The van der Waals surface area contributed by atoms with Crippen LogP contribution in [0.5, 0.6) is 0 Å². The van der Waals surface area contributed by atoms with Crippen LogP contribution in [-0.2, 0) is 4.74 Å². The van der Waals surface area contributed by atoms with Crippen molar-refractivity contribution in [3.63, 3.8) is 0 Å². The zero-order valence-electron chi connectivity index (χ0n) is 8.36. The Hall–Kier alpha value is -1.42. The number of hydrogen-bond donors (Lipinski definition) is 0. The molecule has 0 aliphatic carbocycles. The summed E-state index contributed by atoms with van der Waals surface area (Å²) in [6, 6.07) is 4.79. The molecule has 0 saturated carbocycles. The second-order valence-corrected chi connectivity index (χ2v) is 3.42. The third kappa shape index (κ3) is 2.53. The highest BCUT2D eigenvalue weighted by molar-refractivity contribution is 6.20. The molecule has 15 heavy (non-hydrogen) atoms. The number of halogens is 1. The van der Waals surface area contributed by atoms with Crippen LogP contribution < -0.4 is 0 Å². The van der Waals surface area contributed by atoms with Gasteiger partial charge in [-0.25, -0.2) is 4.79 Å². The standard InChI is InChI=1S/C10H10ClNO3/c1-6-5-7(9(11)12-14)3-4-8(6)10(13)15-2/h3-5,9H,1-2H3. The van der Waals surface area contributed by atoms with E-state index in [9.17, 15) is 9.70 Å². The molecule has 0 heterocycles. The van der Waals surface area contributed by atoms with E-state index in [1.54, 1.807) is 25.1 Å². The Morgan fingerprint density at radius 2 is 2.20 bits per heavy atom. The Morgan fingerprint density at radius 3 is 2.67 bits per heavy atom. The first-order valence-electron chi connectivity index (χ1n) is 4.25. The first-order valence-corrected chi connectivity index (χ1v) is 4.69. The number of alkyl halides is 1. The zero-order chi connectivity index (χ0) is 11.4. The summed E-state index contributed by atoms with van der Waals surface area (Å²) in [7, 11) is 1.31. The molecule has 1 aromatic rings. The van der Waals surface area contributed by atoms with Gasteiger partial charge in [0.2, 0.25) is 0 Å². The number of carbonyl (C=O) groups excluding carboxylic acids is 1. The average molecular weight is 228 g/mol. The van der Waals surface area contributed by atoms with E-state index >= 15 is 0 Å². The Morgan fingerprint density at radius 1 is 1.53 bits per heavy atom. The van der Waals surface area contributed by atoms with E-state index in [0.717, 1.165) is 0 Å². The van der Waals surface area contributed by atoms with Crippen molar-refractivity contribution in [2.24, 2.45) is 5.18 Å². The van der Waals surface area contributed by atoms with Crippen LogP contribution in [0.25, 0.3) is 0 Å². The summed E-state index contributed by atoms with van der Waals surface area (Å²) in [6.07, 6.45) is 0. The molecule has 4 nitrogen and oxygen atoms in total. The maximum absolute atomic E-state index is 11.2. The summed E-state index contributed by atoms with van der Waals surface area (Å²) in [5.41, 5.74) is 0.803. The SMILES string of the molecule is COC(=O)c1ccc(C(Cl)N=O)cc1C. The van der Waals surface area contributed by atoms with Gasteiger partial charge in [0.05, 0.1) is 12.7 Å². The minimum Gasteiger partial charge on any atom is -0.465 e. The molecule has 0 saturated heterocycles. The highest BCUT2D eigenvalue weighted by Crippen LogP contribution is 2.23. The number of esters is 1. The van der Waals surface area contributed by atoms with Crippen LogP contribution in [0.4, 0.5) is 0 Å². The summed E-state index contributed by atoms with van der Waals surface area (Å²) >= 11 is 5.63. The molecule has 0 radical (unpaired) electrons. The fourth-order valence-electron chi connectivity index (χ4n) is 1.23. The van der Waals surface area contributed by atoms with Crippen molar-refractivity contribution < 1.29 is 9.53 Å². The minimum absolute atomic E-state index is 0.413. The van der Waals surface area contributed by atoms with Crippen LogP contribution in [-0.4, -0.2) is 13.1 Å². The lowest BCUT2D eigenvalue weighted by Gasteiger charge is -2.06. The van der Waals surface area contributed by atoms with Crippen molar-refractivity contribution >= 4 is 17.6 Å². The van der Waals surface area contributed by atoms with Crippen LogP contribution in [0.3, 0.4) is 0 Å². The van der Waals surface area contributed by atoms with Gasteiger partial charge >= 0.3 is 5.97 Å². The molecular weight excluding hydrogens is 218 g/mol. The Bertz CT molecular complexity index is 392. The number of ether oxygens (including phenoxy) is 1. The third-order valence-electron chi connectivity index (χ3n) is 2.02. The molecule has 0 fully saturated rings. The van der Waals surface area contributed by atoms with Crippen molar-refractivity contribution in [1.29, 1.82) is 0 Å². The molecule has 0 spiro atoms. The van der Waals surface area contributed by atoms with E-state index in [4.69, 9.17) is 11.6 Å². The molecule has 0 aromatic heterocycles. The maximum Gasteiger partial charge on any atom is 0.338 e. The molecule has 1 rings (SSSR count). The van der Waals surface area contributed by atoms with E-state index in [0.29, 0.717) is 16.7 Å². The molecule has 0 aliphatic heterocycles. The van der Waals surface area contributed by atoms with Crippen molar-refractivity contribution in [3.05, 3.63) is 39.8 Å². The van der Waals surface area contributed by atoms with Crippen LogP contribution in [0, 0.1) is 11.8 Å². The summed E-state index contributed by atoms with van der Waals surface area (Å²) in [4.78, 5) is 21.5. The molecular formula is C10H10ClNO3. The predicted molar refractivity (Wildman–Crippen MR) is 56.9 cm³/mol. The largest absolute Gasteiger partial charge is 0.465 e. The number of carbonyl (C=O) groups is 1. The van der Waals surface area contributed by atoms with Gasteiger partial charge in [0.25, 0.3) is 0 Å². The average Bonchev–Trinajstić information content (AvgIpc) is 2.26. The van der Waals surface area contributed by atoms with Gasteiger partial charge in [-0.15, -0.1) is 4.91 Å². The molecule has 0 N–H and O–H groups in total. The molecule has 1 aromatic carbocycles. The fourth-order valence-corrected chi connectivity index (χ4v) is 1.37. The second kappa shape index (κ2) is 4.89. The summed E-state index contributed by atoms with van der Waals surface area (Å²) in [5.74, 6) is -0.413. The van der Waals surface area contributed by atoms with Gasteiger partial charge in [-0.1, -0.05) is 23.7 Å². The van der Waals surface area contributed by atoms with Crippen molar-refractivity contribution in [1.82, 2.24) is 0 Å². The lowest BCUT2D eigenvalue weighted by molar-refractivity contribution is 0.0600. The van der Waals surface area contributed by atoms with Crippen LogP contribution in [0.15, 0.2) is 23.4 Å². The maximum atomic E-state index is 11.2. The summed E-state index contributed by atoms with van der Waals surface area (Å²) in [6.45, 7) is 1.74. The minimum atomic E-state index is -0.921. The van der Waals surface area contributed by atoms with Gasteiger partial charge in [0.15, 0.2) is 5.50 Å². The van der Waals surface area contributed by atoms with Gasteiger partial charge < -0.3 is 4.74 Å². The van der Waals surface area contributed by atoms with Gasteiger partial charge in [-0.05, 0) is 29.3 Å². The van der Waals surface area contributed by atoms with Crippen LogP contribution >= 0.6 is 11.6 Å².